The molecule has 0 bridgehead atoms. The van der Waals surface area contributed by atoms with Gasteiger partial charge >= 0.3 is 120 Å². The van der Waals surface area contributed by atoms with Gasteiger partial charge in [0.2, 0.25) is 0 Å². The molecule has 0 unspecified atom stereocenters. The number of benzene rings is 4. The number of hydrogen-bond acceptors (Lipinski definition) is 0. The molecule has 0 heterocycles. The van der Waals surface area contributed by atoms with Gasteiger partial charge in [-0.25, -0.2) is 12.1 Å². The minimum Gasteiger partial charge on any atom is -1.00 e. The van der Waals surface area contributed by atoms with Crippen molar-refractivity contribution in [1.29, 1.82) is 0 Å². The van der Waals surface area contributed by atoms with Crippen molar-refractivity contribution in [3.8, 4) is 11.1 Å². The second-order valence-electron chi connectivity index (χ2n) is 13.6. The quantitative estimate of drug-likeness (QED) is 0.196. The summed E-state index contributed by atoms with van der Waals surface area (Å²) in [4.78, 5) is 0. The van der Waals surface area contributed by atoms with Crippen LogP contribution in [0.4, 0.5) is 0 Å². The molecule has 0 nitrogen and oxygen atoms in total. The third kappa shape index (κ3) is 10.3. The first-order valence-electron chi connectivity index (χ1n) is 15.1. The maximum Gasteiger partial charge on any atom is -0.172 e. The van der Waals surface area contributed by atoms with Crippen LogP contribution in [-0.2, 0) is 41.5 Å². The summed E-state index contributed by atoms with van der Waals surface area (Å²) in [5, 5.41) is 1.53. The minimum atomic E-state index is 0. The Morgan fingerprint density at radius 3 is 1.63 bits per heavy atom. The molecule has 0 saturated carbocycles. The fraction of sp³-hybridized carbons (Fsp3) is 0.268. The zero-order valence-electron chi connectivity index (χ0n) is 28.0. The molecule has 0 aliphatic heterocycles. The normalized spacial score (nSPS) is 11.4. The Morgan fingerprint density at radius 1 is 0.696 bits per heavy atom. The van der Waals surface area contributed by atoms with Gasteiger partial charge in [-0.15, -0.1) is 16.7 Å². The molecule has 0 radical (unpaired) electrons. The van der Waals surface area contributed by atoms with Gasteiger partial charge in [-0.1, -0.05) is 71.6 Å². The molecule has 240 valence electrons. The van der Waals surface area contributed by atoms with Gasteiger partial charge in [-0.2, -0.15) is 35.9 Å². The van der Waals surface area contributed by atoms with E-state index in [1.807, 2.05) is 66.7 Å². The molecular weight excluding hydrogens is 725 g/mol. The molecule has 0 aromatic heterocycles. The zero-order valence-corrected chi connectivity index (χ0v) is 33.4. The maximum absolute atomic E-state index is 5.98. The number of halogens is 4. The Morgan fingerprint density at radius 2 is 1.20 bits per heavy atom. The molecule has 0 atom stereocenters. The molecular formula is C41H42Cl4Zr-2. The predicted molar refractivity (Wildman–Crippen MR) is 189 cm³/mol. The van der Waals surface area contributed by atoms with E-state index in [0.717, 1.165) is 27.6 Å². The summed E-state index contributed by atoms with van der Waals surface area (Å²) in [6, 6.07) is 36.7. The van der Waals surface area contributed by atoms with Crippen molar-refractivity contribution in [3.05, 3.63) is 158 Å². The van der Waals surface area contributed by atoms with Crippen molar-refractivity contribution in [2.75, 3.05) is 0 Å². The second-order valence-corrected chi connectivity index (χ2v) is 15.7. The molecule has 0 saturated heterocycles. The van der Waals surface area contributed by atoms with Gasteiger partial charge in [0.25, 0.3) is 0 Å². The molecule has 0 fully saturated rings. The van der Waals surface area contributed by atoms with Crippen LogP contribution in [0.25, 0.3) is 11.1 Å². The molecule has 0 N–H and O–H groups in total. The number of hydrogen-bond donors (Lipinski definition) is 0. The largest absolute Gasteiger partial charge is 1.00 e. The first-order valence-corrected chi connectivity index (χ1v) is 17.1. The fourth-order valence-electron chi connectivity index (χ4n) is 5.80. The van der Waals surface area contributed by atoms with E-state index >= 15 is 0 Å². The third-order valence-electron chi connectivity index (χ3n) is 7.86. The number of rotatable bonds is 2. The summed E-state index contributed by atoms with van der Waals surface area (Å²) in [7, 11) is 0. The van der Waals surface area contributed by atoms with Crippen molar-refractivity contribution in [3.63, 3.8) is 0 Å². The summed E-state index contributed by atoms with van der Waals surface area (Å²) in [6.45, 7) is 18.2. The van der Waals surface area contributed by atoms with Gasteiger partial charge in [0.15, 0.2) is 0 Å². The van der Waals surface area contributed by atoms with Gasteiger partial charge in [0.05, 0.1) is 0 Å². The van der Waals surface area contributed by atoms with Crippen molar-refractivity contribution >= 4 is 26.4 Å². The van der Waals surface area contributed by atoms with E-state index in [1.165, 1.54) is 71.9 Å². The van der Waals surface area contributed by atoms with Crippen LogP contribution in [0.3, 0.4) is 0 Å². The average molecular weight is 768 g/mol. The Balaban J connectivity index is 0.000000278. The van der Waals surface area contributed by atoms with Gasteiger partial charge in [-0.05, 0) is 35.4 Å². The topological polar surface area (TPSA) is 0 Å². The minimum absolute atomic E-state index is 0. The Hall–Kier alpha value is -1.86. The molecule has 0 spiro atoms. The van der Waals surface area contributed by atoms with Crippen LogP contribution in [0.15, 0.2) is 97.1 Å². The standard InChI is InChI=1S/C23H29.C13H8Cl2.C5H5.2ClH.Zr/c1-14-9-16-11-17-10-15(2)21(23(6,7)8)13-19(17)18(16)12-20(14)22(3,4)5;14-12-5-1-3-10(8-12)7-11-4-2-6-13(15)9-11;1-2-4-5-3-1;;;/h9,12-13H,11H2,1-8H3;1-6,8-9H;1-5H;2*1H;/q-1;;-1;;;+2/p-2. The molecule has 5 aromatic carbocycles. The first kappa shape index (κ1) is 40.3. The van der Waals surface area contributed by atoms with Crippen LogP contribution in [0, 0.1) is 19.9 Å². The van der Waals surface area contributed by atoms with Gasteiger partial charge in [0.1, 0.15) is 0 Å². The van der Waals surface area contributed by atoms with E-state index in [0.29, 0.717) is 0 Å². The van der Waals surface area contributed by atoms with E-state index in [-0.39, 0.29) is 35.6 Å². The number of aryl methyl sites for hydroxylation is 2. The third-order valence-corrected chi connectivity index (χ3v) is 9.75. The maximum atomic E-state index is 5.98. The van der Waals surface area contributed by atoms with E-state index in [1.54, 1.807) is 0 Å². The summed E-state index contributed by atoms with van der Waals surface area (Å²) >= 11 is 13.3. The summed E-state index contributed by atoms with van der Waals surface area (Å²) in [6.07, 6.45) is 1.03. The van der Waals surface area contributed by atoms with Crippen molar-refractivity contribution < 1.29 is 49.0 Å². The van der Waals surface area contributed by atoms with Crippen LogP contribution in [-0.4, -0.2) is 3.21 Å². The molecule has 1 aliphatic rings. The monoisotopic (exact) mass is 764 g/mol. The van der Waals surface area contributed by atoms with E-state index in [9.17, 15) is 0 Å². The van der Waals surface area contributed by atoms with Gasteiger partial charge in [-0.3, -0.25) is 0 Å². The van der Waals surface area contributed by atoms with Crippen molar-refractivity contribution in [2.24, 2.45) is 0 Å². The molecule has 46 heavy (non-hydrogen) atoms. The van der Waals surface area contributed by atoms with Crippen LogP contribution in [0.1, 0.15) is 86.1 Å². The van der Waals surface area contributed by atoms with Crippen LogP contribution in [0.5, 0.6) is 0 Å². The Kier molecular flexibility index (Phi) is 14.9. The van der Waals surface area contributed by atoms with Crippen molar-refractivity contribution in [1.82, 2.24) is 0 Å². The Bertz CT molecular complexity index is 1620. The fourth-order valence-corrected chi connectivity index (χ4v) is 6.94. The molecule has 1 aliphatic carbocycles. The second kappa shape index (κ2) is 17.0. The summed E-state index contributed by atoms with van der Waals surface area (Å²) in [5.41, 5.74) is 13.9. The smallest absolute Gasteiger partial charge is 0.172 e. The van der Waals surface area contributed by atoms with Crippen molar-refractivity contribution in [2.45, 2.75) is 72.6 Å². The average Bonchev–Trinajstić information content (AvgIpc) is 3.62. The predicted octanol–water partition coefficient (Wildman–Crippen LogP) is 5.79. The first-order chi connectivity index (χ1) is 20.6. The van der Waals surface area contributed by atoms with Crippen LogP contribution < -0.4 is 24.8 Å². The molecule has 5 aromatic rings. The molecule has 0 amide bonds. The zero-order chi connectivity index (χ0) is 32.2. The van der Waals surface area contributed by atoms with Gasteiger partial charge < -0.3 is 24.8 Å². The number of fused-ring (bicyclic) bond motifs is 3. The molecule has 6 rings (SSSR count). The van der Waals surface area contributed by atoms with E-state index < -0.39 is 0 Å². The molecule has 5 heteroatoms. The summed E-state index contributed by atoms with van der Waals surface area (Å²) < 4.78 is 1.26. The van der Waals surface area contributed by atoms with Crippen LogP contribution in [0.2, 0.25) is 10.0 Å². The van der Waals surface area contributed by atoms with Crippen LogP contribution >= 0.6 is 23.2 Å². The van der Waals surface area contributed by atoms with E-state index in [4.69, 9.17) is 23.2 Å². The SMILES string of the molecule is Cc1[c-]c2c(cc1C(C)(C)C)-c1cc(C(C)(C)C)c(C)cc1C2.Clc1cccc([C](=[Zr+2])c2cccc(Cl)c2)c1.[Cl-].[Cl-].c1cc[cH-]c1. The summed E-state index contributed by atoms with van der Waals surface area (Å²) in [5.74, 6) is 0. The Labute approximate surface area is 314 Å². The van der Waals surface area contributed by atoms with Gasteiger partial charge in [0, 0.05) is 0 Å². The van der Waals surface area contributed by atoms with E-state index in [2.05, 4.69) is 91.8 Å².